The maximum Gasteiger partial charge on any atom is 0.140 e. The van der Waals surface area contributed by atoms with Crippen molar-refractivity contribution in [3.63, 3.8) is 0 Å². The number of rotatable bonds is 2. The molecule has 1 spiro atoms. The second-order valence-corrected chi connectivity index (χ2v) is 7.68. The third-order valence-corrected chi connectivity index (χ3v) is 6.07. The van der Waals surface area contributed by atoms with Crippen LogP contribution in [0.3, 0.4) is 0 Å². The fourth-order valence-corrected chi connectivity index (χ4v) is 4.69. The number of morpholine rings is 1. The Labute approximate surface area is 150 Å². The molecule has 1 aromatic carbocycles. The molecule has 0 bridgehead atoms. The van der Waals surface area contributed by atoms with Crippen LogP contribution in [0.1, 0.15) is 6.42 Å². The molecule has 0 amide bonds. The van der Waals surface area contributed by atoms with Crippen LogP contribution in [0.5, 0.6) is 0 Å². The molecule has 6 heteroatoms. The molecule has 0 saturated carbocycles. The fourth-order valence-electron chi connectivity index (χ4n) is 3.69. The summed E-state index contributed by atoms with van der Waals surface area (Å²) in [7, 11) is 0. The summed E-state index contributed by atoms with van der Waals surface area (Å²) in [6, 6.07) is 12.7. The molecule has 1 atom stereocenters. The average molecular weight is 353 g/mol. The number of thiophene rings is 1. The first-order valence-electron chi connectivity index (χ1n) is 8.60. The summed E-state index contributed by atoms with van der Waals surface area (Å²) in [6.07, 6.45) is 2.63. The summed E-state index contributed by atoms with van der Waals surface area (Å²) in [5.41, 5.74) is 1.05. The molecule has 0 radical (unpaired) electrons. The van der Waals surface area contributed by atoms with Crippen molar-refractivity contribution >= 4 is 27.4 Å². The van der Waals surface area contributed by atoms with Crippen LogP contribution in [0.4, 0.5) is 5.82 Å². The SMILES string of the molecule is c1ccc(-c2cc3c(N4CCOC5(CCOC5)C4)ncnc3s2)cc1. The zero-order valence-electron chi connectivity index (χ0n) is 13.9. The summed E-state index contributed by atoms with van der Waals surface area (Å²) < 4.78 is 11.6. The zero-order chi connectivity index (χ0) is 16.7. The maximum absolute atomic E-state index is 6.06. The van der Waals surface area contributed by atoms with E-state index >= 15 is 0 Å². The van der Waals surface area contributed by atoms with E-state index in [0.717, 1.165) is 42.2 Å². The minimum absolute atomic E-state index is 0.173. The van der Waals surface area contributed by atoms with Crippen molar-refractivity contribution in [1.29, 1.82) is 0 Å². The Hall–Kier alpha value is -2.02. The predicted octanol–water partition coefficient (Wildman–Crippen LogP) is 3.35. The lowest BCUT2D eigenvalue weighted by Crippen LogP contribution is -2.52. The van der Waals surface area contributed by atoms with Crippen LogP contribution >= 0.6 is 11.3 Å². The lowest BCUT2D eigenvalue weighted by molar-refractivity contribution is -0.0580. The van der Waals surface area contributed by atoms with Gasteiger partial charge in [0.15, 0.2) is 0 Å². The van der Waals surface area contributed by atoms with E-state index < -0.39 is 0 Å². The molecule has 5 nitrogen and oxygen atoms in total. The van der Waals surface area contributed by atoms with Gasteiger partial charge < -0.3 is 14.4 Å². The Bertz CT molecular complexity index is 890. The third-order valence-electron chi connectivity index (χ3n) is 4.98. The van der Waals surface area contributed by atoms with E-state index in [0.29, 0.717) is 13.2 Å². The van der Waals surface area contributed by atoms with Gasteiger partial charge in [-0.2, -0.15) is 0 Å². The standard InChI is InChI=1S/C19H19N3O2S/c1-2-4-14(5-3-1)16-10-15-17(20-13-21-18(15)25-16)22-7-9-24-19(11-22)6-8-23-12-19/h1-5,10,13H,6-9,11-12H2. The highest BCUT2D eigenvalue weighted by atomic mass is 32.1. The van der Waals surface area contributed by atoms with Crippen LogP contribution in [0.2, 0.25) is 0 Å². The van der Waals surface area contributed by atoms with Crippen molar-refractivity contribution in [2.75, 3.05) is 37.8 Å². The quantitative estimate of drug-likeness (QED) is 0.707. The minimum Gasteiger partial charge on any atom is -0.378 e. The minimum atomic E-state index is -0.173. The largest absolute Gasteiger partial charge is 0.378 e. The van der Waals surface area contributed by atoms with E-state index in [2.05, 4.69) is 45.2 Å². The Morgan fingerprint density at radius 2 is 2.04 bits per heavy atom. The molecule has 2 aromatic heterocycles. The van der Waals surface area contributed by atoms with Crippen LogP contribution in [0, 0.1) is 0 Å². The highest BCUT2D eigenvalue weighted by Crippen LogP contribution is 2.37. The van der Waals surface area contributed by atoms with E-state index in [1.54, 1.807) is 17.7 Å². The van der Waals surface area contributed by atoms with E-state index in [9.17, 15) is 0 Å². The predicted molar refractivity (Wildman–Crippen MR) is 99.2 cm³/mol. The van der Waals surface area contributed by atoms with Crippen LogP contribution < -0.4 is 4.90 Å². The molecular formula is C19H19N3O2S. The molecule has 128 valence electrons. The summed E-state index contributed by atoms with van der Waals surface area (Å²) in [5, 5.41) is 1.13. The Kier molecular flexibility index (Phi) is 3.69. The number of anilines is 1. The van der Waals surface area contributed by atoms with Gasteiger partial charge in [0, 0.05) is 24.4 Å². The zero-order valence-corrected chi connectivity index (χ0v) is 14.7. The van der Waals surface area contributed by atoms with Gasteiger partial charge in [0.05, 0.1) is 25.1 Å². The topological polar surface area (TPSA) is 47.5 Å². The molecule has 5 rings (SSSR count). The first-order chi connectivity index (χ1) is 12.3. The lowest BCUT2D eigenvalue weighted by atomic mass is 10.0. The third kappa shape index (κ3) is 2.70. The number of nitrogens with zero attached hydrogens (tertiary/aromatic N) is 3. The van der Waals surface area contributed by atoms with Gasteiger partial charge in [-0.3, -0.25) is 0 Å². The van der Waals surface area contributed by atoms with E-state index in [4.69, 9.17) is 9.47 Å². The number of fused-ring (bicyclic) bond motifs is 1. The average Bonchev–Trinajstić information content (AvgIpc) is 3.29. The lowest BCUT2D eigenvalue weighted by Gasteiger charge is -2.40. The highest BCUT2D eigenvalue weighted by Gasteiger charge is 2.41. The van der Waals surface area contributed by atoms with Gasteiger partial charge in [-0.1, -0.05) is 30.3 Å². The first-order valence-corrected chi connectivity index (χ1v) is 9.41. The normalized spacial score (nSPS) is 23.6. The van der Waals surface area contributed by atoms with Crippen molar-refractivity contribution in [2.45, 2.75) is 12.0 Å². The van der Waals surface area contributed by atoms with Crippen molar-refractivity contribution in [3.05, 3.63) is 42.7 Å². The molecule has 2 aliphatic rings. The van der Waals surface area contributed by atoms with Gasteiger partial charge in [-0.25, -0.2) is 9.97 Å². The molecular weight excluding hydrogens is 334 g/mol. The monoisotopic (exact) mass is 353 g/mol. The van der Waals surface area contributed by atoms with Crippen molar-refractivity contribution in [3.8, 4) is 10.4 Å². The number of hydrogen-bond donors (Lipinski definition) is 0. The second-order valence-electron chi connectivity index (χ2n) is 6.65. The highest BCUT2D eigenvalue weighted by molar-refractivity contribution is 7.21. The molecule has 4 heterocycles. The molecule has 2 saturated heterocycles. The van der Waals surface area contributed by atoms with Gasteiger partial charge in [-0.05, 0) is 11.6 Å². The van der Waals surface area contributed by atoms with Crippen molar-refractivity contribution in [1.82, 2.24) is 9.97 Å². The van der Waals surface area contributed by atoms with E-state index in [-0.39, 0.29) is 5.60 Å². The van der Waals surface area contributed by atoms with Crippen LogP contribution in [-0.4, -0.2) is 48.5 Å². The van der Waals surface area contributed by atoms with Gasteiger partial charge >= 0.3 is 0 Å². The summed E-state index contributed by atoms with van der Waals surface area (Å²) in [6.45, 7) is 3.85. The van der Waals surface area contributed by atoms with Crippen LogP contribution in [-0.2, 0) is 9.47 Å². The summed E-state index contributed by atoms with van der Waals surface area (Å²) in [4.78, 5) is 13.7. The Morgan fingerprint density at radius 1 is 1.12 bits per heavy atom. The fraction of sp³-hybridized carbons (Fsp3) is 0.368. The molecule has 0 N–H and O–H groups in total. The molecule has 0 aliphatic carbocycles. The number of ether oxygens (including phenoxy) is 2. The molecule has 2 fully saturated rings. The Morgan fingerprint density at radius 3 is 2.88 bits per heavy atom. The van der Waals surface area contributed by atoms with Gasteiger partial charge in [-0.15, -0.1) is 11.3 Å². The van der Waals surface area contributed by atoms with Crippen LogP contribution in [0.15, 0.2) is 42.7 Å². The molecule has 3 aromatic rings. The molecule has 1 unspecified atom stereocenters. The summed E-state index contributed by atoms with van der Waals surface area (Å²) in [5.74, 6) is 1.01. The molecule has 25 heavy (non-hydrogen) atoms. The smallest absolute Gasteiger partial charge is 0.140 e. The second kappa shape index (κ2) is 6.05. The number of benzene rings is 1. The Balaban J connectivity index is 1.54. The van der Waals surface area contributed by atoms with E-state index in [1.807, 2.05) is 6.07 Å². The van der Waals surface area contributed by atoms with Crippen molar-refractivity contribution in [2.24, 2.45) is 0 Å². The molecule has 2 aliphatic heterocycles. The summed E-state index contributed by atoms with van der Waals surface area (Å²) >= 11 is 1.72. The van der Waals surface area contributed by atoms with Gasteiger partial charge in [0.25, 0.3) is 0 Å². The van der Waals surface area contributed by atoms with Crippen molar-refractivity contribution < 1.29 is 9.47 Å². The first kappa shape index (κ1) is 15.3. The number of hydrogen-bond acceptors (Lipinski definition) is 6. The maximum atomic E-state index is 6.06. The number of aromatic nitrogens is 2. The van der Waals surface area contributed by atoms with Gasteiger partial charge in [0.2, 0.25) is 0 Å². The van der Waals surface area contributed by atoms with Crippen LogP contribution in [0.25, 0.3) is 20.7 Å². The van der Waals surface area contributed by atoms with Gasteiger partial charge in [0.1, 0.15) is 22.6 Å². The van der Waals surface area contributed by atoms with E-state index in [1.165, 1.54) is 10.4 Å².